The lowest BCUT2D eigenvalue weighted by atomic mass is 10.2. The Kier molecular flexibility index (Phi) is 9.78. The second kappa shape index (κ2) is 11.3. The molecule has 2 aromatic rings. The van der Waals surface area contributed by atoms with Crippen molar-refractivity contribution >= 4 is 41.5 Å². The Morgan fingerprint density at radius 2 is 2.08 bits per heavy atom. The first-order chi connectivity index (χ1) is 11.2. The maximum atomic E-state index is 6.17. The quantitative estimate of drug-likeness (QED) is 0.377. The average Bonchev–Trinajstić information content (AvgIpc) is 3.04. The van der Waals surface area contributed by atoms with Gasteiger partial charge >= 0.3 is 0 Å². The molecule has 0 fully saturated rings. The number of aliphatic imine (C=N–C) groups is 1. The van der Waals surface area contributed by atoms with Crippen molar-refractivity contribution in [3.8, 4) is 0 Å². The Labute approximate surface area is 165 Å². The van der Waals surface area contributed by atoms with Gasteiger partial charge in [0.05, 0.1) is 6.54 Å². The molecule has 0 amide bonds. The number of rotatable bonds is 7. The van der Waals surface area contributed by atoms with Crippen LogP contribution in [-0.2, 0) is 13.1 Å². The van der Waals surface area contributed by atoms with Gasteiger partial charge in [-0.2, -0.15) is 5.10 Å². The summed E-state index contributed by atoms with van der Waals surface area (Å²) in [6.07, 6.45) is 3.78. The smallest absolute Gasteiger partial charge is 0.191 e. The van der Waals surface area contributed by atoms with E-state index in [0.29, 0.717) is 12.5 Å². The third-order valence-electron chi connectivity index (χ3n) is 3.39. The summed E-state index contributed by atoms with van der Waals surface area (Å²) in [5, 5.41) is 11.6. The molecule has 1 heterocycles. The minimum atomic E-state index is 0. The molecule has 1 unspecified atom stereocenters. The van der Waals surface area contributed by atoms with Gasteiger partial charge in [0.1, 0.15) is 0 Å². The van der Waals surface area contributed by atoms with Gasteiger partial charge in [0.2, 0.25) is 0 Å². The highest BCUT2D eigenvalue weighted by Gasteiger charge is 2.05. The van der Waals surface area contributed by atoms with E-state index in [9.17, 15) is 0 Å². The van der Waals surface area contributed by atoms with Gasteiger partial charge in [-0.1, -0.05) is 36.7 Å². The fourth-order valence-corrected chi connectivity index (χ4v) is 2.39. The van der Waals surface area contributed by atoms with Gasteiger partial charge in [-0.05, 0) is 30.5 Å². The van der Waals surface area contributed by atoms with E-state index in [0.717, 1.165) is 36.2 Å². The van der Waals surface area contributed by atoms with E-state index in [-0.39, 0.29) is 24.0 Å². The molecule has 2 rings (SSSR count). The van der Waals surface area contributed by atoms with Crippen molar-refractivity contribution in [1.82, 2.24) is 20.4 Å². The fraction of sp³-hybridized carbons (Fsp3) is 0.412. The summed E-state index contributed by atoms with van der Waals surface area (Å²) in [7, 11) is 0. The van der Waals surface area contributed by atoms with Gasteiger partial charge < -0.3 is 10.6 Å². The van der Waals surface area contributed by atoms with Gasteiger partial charge in [-0.25, -0.2) is 4.99 Å². The van der Waals surface area contributed by atoms with Crippen LogP contribution in [0, 0.1) is 5.92 Å². The Balaban J connectivity index is 0.00000288. The first-order valence-electron chi connectivity index (χ1n) is 7.92. The highest BCUT2D eigenvalue weighted by Crippen LogP contribution is 2.15. The molecule has 0 aliphatic carbocycles. The second-order valence-electron chi connectivity index (χ2n) is 5.50. The van der Waals surface area contributed by atoms with Crippen LogP contribution in [-0.4, -0.2) is 28.8 Å². The van der Waals surface area contributed by atoms with Crippen molar-refractivity contribution < 1.29 is 0 Å². The SMILES string of the molecule is CCNC(=NCc1ccccc1Cl)NCC(C)Cn1cccn1.I. The Bertz CT molecular complexity index is 615. The minimum absolute atomic E-state index is 0. The molecule has 1 atom stereocenters. The predicted molar refractivity (Wildman–Crippen MR) is 111 cm³/mol. The van der Waals surface area contributed by atoms with Crippen molar-refractivity contribution in [1.29, 1.82) is 0 Å². The Hall–Kier alpha value is -1.28. The molecule has 5 nitrogen and oxygen atoms in total. The maximum absolute atomic E-state index is 6.17. The van der Waals surface area contributed by atoms with Crippen LogP contribution in [0.1, 0.15) is 19.4 Å². The van der Waals surface area contributed by atoms with Crippen LogP contribution in [0.25, 0.3) is 0 Å². The maximum Gasteiger partial charge on any atom is 0.191 e. The Morgan fingerprint density at radius 1 is 1.29 bits per heavy atom. The average molecular weight is 462 g/mol. The fourth-order valence-electron chi connectivity index (χ4n) is 2.20. The van der Waals surface area contributed by atoms with E-state index < -0.39 is 0 Å². The van der Waals surface area contributed by atoms with Crippen LogP contribution < -0.4 is 10.6 Å². The van der Waals surface area contributed by atoms with Crippen LogP contribution >= 0.6 is 35.6 Å². The van der Waals surface area contributed by atoms with Gasteiger partial charge in [0.25, 0.3) is 0 Å². The molecular formula is C17H25ClIN5. The van der Waals surface area contributed by atoms with Crippen LogP contribution in [0.4, 0.5) is 0 Å². The lowest BCUT2D eigenvalue weighted by molar-refractivity contribution is 0.443. The monoisotopic (exact) mass is 461 g/mol. The molecule has 0 saturated heterocycles. The summed E-state index contributed by atoms with van der Waals surface area (Å²) in [6.45, 7) is 7.33. The summed E-state index contributed by atoms with van der Waals surface area (Å²) >= 11 is 6.17. The first kappa shape index (κ1) is 20.8. The molecule has 132 valence electrons. The van der Waals surface area contributed by atoms with Crippen molar-refractivity contribution in [3.05, 3.63) is 53.3 Å². The van der Waals surface area contributed by atoms with Crippen LogP contribution in [0.2, 0.25) is 5.02 Å². The van der Waals surface area contributed by atoms with Crippen LogP contribution in [0.15, 0.2) is 47.7 Å². The molecule has 0 saturated carbocycles. The molecule has 24 heavy (non-hydrogen) atoms. The molecule has 1 aromatic heterocycles. The lowest BCUT2D eigenvalue weighted by Crippen LogP contribution is -2.40. The summed E-state index contributed by atoms with van der Waals surface area (Å²) in [4.78, 5) is 4.60. The zero-order chi connectivity index (χ0) is 16.5. The van der Waals surface area contributed by atoms with E-state index in [1.54, 1.807) is 6.20 Å². The van der Waals surface area contributed by atoms with Gasteiger partial charge in [0.15, 0.2) is 5.96 Å². The first-order valence-corrected chi connectivity index (χ1v) is 8.30. The van der Waals surface area contributed by atoms with Crippen LogP contribution in [0.3, 0.4) is 0 Å². The number of guanidine groups is 1. The zero-order valence-electron chi connectivity index (χ0n) is 14.1. The summed E-state index contributed by atoms with van der Waals surface area (Å²) in [5.74, 6) is 1.25. The number of nitrogens with zero attached hydrogens (tertiary/aromatic N) is 3. The number of hydrogen-bond donors (Lipinski definition) is 2. The van der Waals surface area contributed by atoms with Gasteiger partial charge in [0, 0.05) is 37.1 Å². The highest BCUT2D eigenvalue weighted by atomic mass is 127. The molecule has 0 radical (unpaired) electrons. The zero-order valence-corrected chi connectivity index (χ0v) is 17.2. The summed E-state index contributed by atoms with van der Waals surface area (Å²) in [5.41, 5.74) is 1.02. The molecule has 0 bridgehead atoms. The van der Waals surface area contributed by atoms with E-state index >= 15 is 0 Å². The predicted octanol–water partition coefficient (Wildman–Crippen LogP) is 3.55. The lowest BCUT2D eigenvalue weighted by Gasteiger charge is -2.16. The van der Waals surface area contributed by atoms with E-state index in [4.69, 9.17) is 11.6 Å². The topological polar surface area (TPSA) is 54.2 Å². The third-order valence-corrected chi connectivity index (χ3v) is 3.75. The summed E-state index contributed by atoms with van der Waals surface area (Å²) in [6, 6.07) is 9.73. The van der Waals surface area contributed by atoms with Gasteiger partial charge in [-0.15, -0.1) is 24.0 Å². The minimum Gasteiger partial charge on any atom is -0.357 e. The normalized spacial score (nSPS) is 12.4. The van der Waals surface area contributed by atoms with E-state index in [2.05, 4.69) is 34.6 Å². The molecule has 7 heteroatoms. The van der Waals surface area contributed by atoms with Gasteiger partial charge in [-0.3, -0.25) is 4.68 Å². The number of hydrogen-bond acceptors (Lipinski definition) is 2. The second-order valence-corrected chi connectivity index (χ2v) is 5.91. The molecule has 0 spiro atoms. The molecule has 0 aliphatic heterocycles. The van der Waals surface area contributed by atoms with E-state index in [1.807, 2.05) is 41.2 Å². The molecule has 2 N–H and O–H groups in total. The van der Waals surface area contributed by atoms with Crippen molar-refractivity contribution in [2.75, 3.05) is 13.1 Å². The molecule has 1 aromatic carbocycles. The van der Waals surface area contributed by atoms with Crippen molar-refractivity contribution in [2.24, 2.45) is 10.9 Å². The summed E-state index contributed by atoms with van der Waals surface area (Å²) < 4.78 is 1.94. The number of benzene rings is 1. The van der Waals surface area contributed by atoms with E-state index in [1.165, 1.54) is 0 Å². The number of nitrogens with one attached hydrogen (secondary N) is 2. The number of halogens is 2. The number of aromatic nitrogens is 2. The highest BCUT2D eigenvalue weighted by molar-refractivity contribution is 14.0. The standard InChI is InChI=1S/C17H24ClN5.HI/c1-3-19-17(21-12-15-7-4-5-8-16(15)18)20-11-14(2)13-23-10-6-9-22-23;/h4-10,14H,3,11-13H2,1-2H3,(H2,19,20,21);1H. The molecular weight excluding hydrogens is 437 g/mol. The Morgan fingerprint density at radius 3 is 2.75 bits per heavy atom. The van der Waals surface area contributed by atoms with Crippen molar-refractivity contribution in [3.63, 3.8) is 0 Å². The van der Waals surface area contributed by atoms with Crippen molar-refractivity contribution in [2.45, 2.75) is 26.9 Å². The largest absolute Gasteiger partial charge is 0.357 e. The molecule has 0 aliphatic rings. The third kappa shape index (κ3) is 7.09. The van der Waals surface area contributed by atoms with Crippen LogP contribution in [0.5, 0.6) is 0 Å².